The van der Waals surface area contributed by atoms with E-state index in [0.29, 0.717) is 13.3 Å². The molecule has 0 aromatic heterocycles. The highest BCUT2D eigenvalue weighted by Crippen LogP contribution is 2.39. The lowest BCUT2D eigenvalue weighted by Gasteiger charge is -2.31. The van der Waals surface area contributed by atoms with Crippen LogP contribution in [-0.2, 0) is 11.2 Å². The second-order valence-corrected chi connectivity index (χ2v) is 7.48. The van der Waals surface area contributed by atoms with E-state index in [1.54, 1.807) is 11.9 Å². The number of nitrogens with zero attached hydrogens (tertiary/aromatic N) is 2. The van der Waals surface area contributed by atoms with Gasteiger partial charge in [0.2, 0.25) is 12.7 Å². The van der Waals surface area contributed by atoms with Crippen LogP contribution in [0.25, 0.3) is 0 Å². The van der Waals surface area contributed by atoms with E-state index < -0.39 is 0 Å². The molecule has 0 saturated heterocycles. The Bertz CT molecular complexity index is 696. The molecule has 1 aliphatic heterocycles. The van der Waals surface area contributed by atoms with E-state index in [1.165, 1.54) is 5.56 Å². The molecule has 1 saturated carbocycles. The van der Waals surface area contributed by atoms with E-state index in [-0.39, 0.29) is 11.3 Å². The van der Waals surface area contributed by atoms with Crippen LogP contribution in [0.1, 0.15) is 31.2 Å². The van der Waals surface area contributed by atoms with Gasteiger partial charge in [-0.05, 0) is 37.0 Å². The number of carbonyl (C=O) groups excluding carboxylic acids is 1. The van der Waals surface area contributed by atoms with Crippen molar-refractivity contribution in [3.05, 3.63) is 23.8 Å². The molecule has 7 heteroatoms. The molecule has 0 bridgehead atoms. The molecule has 1 aromatic rings. The first-order chi connectivity index (χ1) is 13.0. The summed E-state index contributed by atoms with van der Waals surface area (Å²) in [5.41, 5.74) is 0.871. The summed E-state index contributed by atoms with van der Waals surface area (Å²) in [6.07, 6.45) is 4.93. The molecule has 3 rings (SSSR count). The number of carbonyl (C=O) groups is 1. The lowest BCUT2D eigenvalue weighted by molar-refractivity contribution is -0.138. The van der Waals surface area contributed by atoms with Crippen molar-refractivity contribution in [2.45, 2.75) is 32.1 Å². The zero-order valence-corrected chi connectivity index (χ0v) is 16.5. The summed E-state index contributed by atoms with van der Waals surface area (Å²) >= 11 is 0. The fraction of sp³-hybridized carbons (Fsp3) is 0.600. The summed E-state index contributed by atoms with van der Waals surface area (Å²) in [4.78, 5) is 18.7. The zero-order valence-electron chi connectivity index (χ0n) is 16.5. The number of nitrogens with one attached hydrogen (secondary N) is 2. The lowest BCUT2D eigenvalue weighted by Crippen LogP contribution is -2.49. The third kappa shape index (κ3) is 4.46. The first-order valence-electron chi connectivity index (χ1n) is 9.59. The predicted molar refractivity (Wildman–Crippen MR) is 105 cm³/mol. The highest BCUT2D eigenvalue weighted by Gasteiger charge is 2.42. The molecule has 2 aliphatic rings. The van der Waals surface area contributed by atoms with Crippen molar-refractivity contribution in [2.75, 3.05) is 41.0 Å². The van der Waals surface area contributed by atoms with Crippen LogP contribution in [0.4, 0.5) is 0 Å². The van der Waals surface area contributed by atoms with Crippen LogP contribution in [0.2, 0.25) is 0 Å². The van der Waals surface area contributed by atoms with Crippen molar-refractivity contribution in [1.29, 1.82) is 0 Å². The molecule has 27 heavy (non-hydrogen) atoms. The lowest BCUT2D eigenvalue weighted by atomic mass is 9.84. The van der Waals surface area contributed by atoms with Gasteiger partial charge in [-0.25, -0.2) is 0 Å². The van der Waals surface area contributed by atoms with E-state index in [0.717, 1.165) is 56.1 Å². The average Bonchev–Trinajstić information content (AvgIpc) is 3.33. The first-order valence-corrected chi connectivity index (χ1v) is 9.59. The maximum Gasteiger partial charge on any atom is 0.231 e. The molecule has 1 amide bonds. The Balaban J connectivity index is 1.50. The Morgan fingerprint density at radius 1 is 1.19 bits per heavy atom. The van der Waals surface area contributed by atoms with E-state index in [4.69, 9.17) is 9.47 Å². The summed E-state index contributed by atoms with van der Waals surface area (Å²) in [6.45, 7) is 1.66. The van der Waals surface area contributed by atoms with Crippen molar-refractivity contribution in [1.82, 2.24) is 15.5 Å². The predicted octanol–water partition coefficient (Wildman–Crippen LogP) is 1.77. The van der Waals surface area contributed by atoms with Crippen molar-refractivity contribution in [2.24, 2.45) is 10.4 Å². The number of benzene rings is 1. The van der Waals surface area contributed by atoms with Gasteiger partial charge in [-0.15, -0.1) is 0 Å². The molecule has 1 heterocycles. The molecule has 0 spiro atoms. The standard InChI is InChI=1S/C20H30N4O3/c1-21-19(23-13-20(9-4-5-10-20)18(25)24(2)3)22-11-8-15-6-7-16-17(12-15)27-14-26-16/h6-7,12H,4-5,8-11,13-14H2,1-3H3,(H2,21,22,23). The largest absolute Gasteiger partial charge is 0.454 e. The second kappa shape index (κ2) is 8.50. The van der Waals surface area contributed by atoms with Crippen LogP contribution < -0.4 is 20.1 Å². The number of fused-ring (bicyclic) bond motifs is 1. The van der Waals surface area contributed by atoms with Gasteiger partial charge in [-0.1, -0.05) is 18.9 Å². The summed E-state index contributed by atoms with van der Waals surface area (Å²) in [5.74, 6) is 2.55. The van der Waals surface area contributed by atoms with Crippen molar-refractivity contribution in [3.63, 3.8) is 0 Å². The molecule has 7 nitrogen and oxygen atoms in total. The van der Waals surface area contributed by atoms with Gasteiger partial charge in [0, 0.05) is 34.2 Å². The molecular formula is C20H30N4O3. The highest BCUT2D eigenvalue weighted by molar-refractivity contribution is 5.85. The van der Waals surface area contributed by atoms with Crippen LogP contribution in [0.5, 0.6) is 11.5 Å². The van der Waals surface area contributed by atoms with Crippen LogP contribution in [0, 0.1) is 5.41 Å². The highest BCUT2D eigenvalue weighted by atomic mass is 16.7. The molecule has 0 atom stereocenters. The quantitative estimate of drug-likeness (QED) is 0.586. The third-order valence-corrected chi connectivity index (χ3v) is 5.38. The monoisotopic (exact) mass is 374 g/mol. The smallest absolute Gasteiger partial charge is 0.231 e. The second-order valence-electron chi connectivity index (χ2n) is 7.48. The number of rotatable bonds is 6. The van der Waals surface area contributed by atoms with Gasteiger partial charge in [-0.2, -0.15) is 0 Å². The minimum absolute atomic E-state index is 0.211. The summed E-state index contributed by atoms with van der Waals surface area (Å²) in [6, 6.07) is 6.01. The van der Waals surface area contributed by atoms with Crippen molar-refractivity contribution >= 4 is 11.9 Å². The van der Waals surface area contributed by atoms with E-state index in [2.05, 4.69) is 21.7 Å². The molecule has 1 aliphatic carbocycles. The van der Waals surface area contributed by atoms with Crippen LogP contribution >= 0.6 is 0 Å². The molecule has 0 unspecified atom stereocenters. The minimum Gasteiger partial charge on any atom is -0.454 e. The van der Waals surface area contributed by atoms with E-state index in [1.807, 2.05) is 26.2 Å². The van der Waals surface area contributed by atoms with Gasteiger partial charge in [0.1, 0.15) is 0 Å². The van der Waals surface area contributed by atoms with E-state index >= 15 is 0 Å². The van der Waals surface area contributed by atoms with Crippen LogP contribution in [0.15, 0.2) is 23.2 Å². The number of aliphatic imine (C=N–C) groups is 1. The van der Waals surface area contributed by atoms with Gasteiger partial charge >= 0.3 is 0 Å². The number of ether oxygens (including phenoxy) is 2. The van der Waals surface area contributed by atoms with Gasteiger partial charge in [-0.3, -0.25) is 9.79 Å². The number of hydrogen-bond acceptors (Lipinski definition) is 4. The maximum atomic E-state index is 12.7. The van der Waals surface area contributed by atoms with Gasteiger partial charge in [0.05, 0.1) is 5.41 Å². The molecule has 0 radical (unpaired) electrons. The van der Waals surface area contributed by atoms with Crippen molar-refractivity contribution in [3.8, 4) is 11.5 Å². The Labute approximate surface area is 161 Å². The fourth-order valence-corrected chi connectivity index (χ4v) is 3.89. The average molecular weight is 374 g/mol. The maximum absolute atomic E-state index is 12.7. The molecular weight excluding hydrogens is 344 g/mol. The SMILES string of the molecule is CN=C(NCCc1ccc2c(c1)OCO2)NCC1(C(=O)N(C)C)CCCC1. The van der Waals surface area contributed by atoms with Crippen LogP contribution in [0.3, 0.4) is 0 Å². The van der Waals surface area contributed by atoms with E-state index in [9.17, 15) is 4.79 Å². The summed E-state index contributed by atoms with van der Waals surface area (Å²) in [7, 11) is 5.42. The number of amides is 1. The third-order valence-electron chi connectivity index (χ3n) is 5.38. The summed E-state index contributed by atoms with van der Waals surface area (Å²) < 4.78 is 10.8. The molecule has 1 aromatic carbocycles. The Kier molecular flexibility index (Phi) is 6.08. The first kappa shape index (κ1) is 19.3. The molecule has 2 N–H and O–H groups in total. The number of guanidine groups is 1. The normalized spacial score (nSPS) is 17.7. The fourth-order valence-electron chi connectivity index (χ4n) is 3.89. The Morgan fingerprint density at radius 2 is 1.93 bits per heavy atom. The molecule has 1 fully saturated rings. The van der Waals surface area contributed by atoms with Gasteiger partial charge in [0.25, 0.3) is 0 Å². The Morgan fingerprint density at radius 3 is 2.63 bits per heavy atom. The number of hydrogen-bond donors (Lipinski definition) is 2. The molecule has 148 valence electrons. The van der Waals surface area contributed by atoms with Gasteiger partial charge < -0.3 is 25.0 Å². The van der Waals surface area contributed by atoms with Crippen LogP contribution in [-0.4, -0.2) is 57.8 Å². The summed E-state index contributed by atoms with van der Waals surface area (Å²) in [5, 5.41) is 6.70. The Hall–Kier alpha value is -2.44. The zero-order chi connectivity index (χ0) is 19.3. The topological polar surface area (TPSA) is 75.2 Å². The van der Waals surface area contributed by atoms with Gasteiger partial charge in [0.15, 0.2) is 17.5 Å². The minimum atomic E-state index is -0.307. The van der Waals surface area contributed by atoms with Crippen molar-refractivity contribution < 1.29 is 14.3 Å².